The fourth-order valence-electron chi connectivity index (χ4n) is 1.27. The third-order valence-corrected chi connectivity index (χ3v) is 7.00. The summed E-state index contributed by atoms with van der Waals surface area (Å²) in [5.74, 6) is 7.73. The number of aliphatic hydroxyl groups is 2. The molecule has 2 N–H and O–H groups in total. The Bertz CT molecular complexity index is 184. The van der Waals surface area contributed by atoms with Gasteiger partial charge in [0.1, 0.15) is 0 Å². The van der Waals surface area contributed by atoms with Crippen molar-refractivity contribution in [3.05, 3.63) is 0 Å². The highest BCUT2D eigenvalue weighted by atomic mass is 32.2. The first-order valence-electron chi connectivity index (χ1n) is 6.87. The standard InChI is InChI=1S/C13H28O2S4/c1-3-5-17-9-13(15)11-19-7-6-18-10-12(14)8-16-4-2/h12-15H,3-11H2,1-2H3. The molecule has 6 heteroatoms. The summed E-state index contributed by atoms with van der Waals surface area (Å²) in [5, 5.41) is 19.4. The average Bonchev–Trinajstić information content (AvgIpc) is 2.40. The Hall–Kier alpha value is 1.32. The van der Waals surface area contributed by atoms with Crippen LogP contribution in [0.3, 0.4) is 0 Å². The molecular formula is C13H28O2S4. The van der Waals surface area contributed by atoms with Gasteiger partial charge in [0.25, 0.3) is 0 Å². The second-order valence-corrected chi connectivity index (χ2v) is 8.96. The van der Waals surface area contributed by atoms with Gasteiger partial charge in [0.15, 0.2) is 0 Å². The first-order valence-corrected chi connectivity index (χ1v) is 11.5. The van der Waals surface area contributed by atoms with Gasteiger partial charge in [-0.25, -0.2) is 0 Å². The zero-order valence-electron chi connectivity index (χ0n) is 12.0. The van der Waals surface area contributed by atoms with Gasteiger partial charge >= 0.3 is 0 Å². The minimum atomic E-state index is -0.170. The molecule has 0 heterocycles. The van der Waals surface area contributed by atoms with Crippen molar-refractivity contribution in [2.24, 2.45) is 0 Å². The van der Waals surface area contributed by atoms with Gasteiger partial charge in [0, 0.05) is 34.5 Å². The predicted octanol–water partition coefficient (Wildman–Crippen LogP) is 3.07. The second-order valence-electron chi connectivity index (χ2n) is 4.19. The van der Waals surface area contributed by atoms with E-state index in [1.807, 2.05) is 35.3 Å². The van der Waals surface area contributed by atoms with Gasteiger partial charge in [-0.3, -0.25) is 0 Å². The summed E-state index contributed by atoms with van der Waals surface area (Å²) in [7, 11) is 0. The number of hydrogen-bond donors (Lipinski definition) is 2. The Labute approximate surface area is 135 Å². The van der Waals surface area contributed by atoms with Gasteiger partial charge in [0.2, 0.25) is 0 Å². The van der Waals surface area contributed by atoms with E-state index in [1.165, 1.54) is 6.42 Å². The van der Waals surface area contributed by atoms with Crippen molar-refractivity contribution in [3.63, 3.8) is 0 Å². The molecule has 116 valence electrons. The Morgan fingerprint density at radius 2 is 1.11 bits per heavy atom. The fourth-order valence-corrected chi connectivity index (χ4v) is 5.10. The summed E-state index contributed by atoms with van der Waals surface area (Å²) in [4.78, 5) is 0. The lowest BCUT2D eigenvalue weighted by Crippen LogP contribution is -2.15. The molecule has 2 unspecified atom stereocenters. The molecule has 19 heavy (non-hydrogen) atoms. The zero-order valence-corrected chi connectivity index (χ0v) is 15.3. The monoisotopic (exact) mass is 344 g/mol. The zero-order chi connectivity index (χ0) is 14.3. The Balaban J connectivity index is 3.21. The van der Waals surface area contributed by atoms with Gasteiger partial charge in [-0.15, -0.1) is 0 Å². The summed E-state index contributed by atoms with van der Waals surface area (Å²) in [6.45, 7) is 4.28. The Morgan fingerprint density at radius 1 is 0.684 bits per heavy atom. The highest BCUT2D eigenvalue weighted by molar-refractivity contribution is 8.03. The summed E-state index contributed by atoms with van der Waals surface area (Å²) >= 11 is 7.26. The predicted molar refractivity (Wildman–Crippen MR) is 97.3 cm³/mol. The van der Waals surface area contributed by atoms with Crippen LogP contribution in [0.25, 0.3) is 0 Å². The van der Waals surface area contributed by atoms with Crippen molar-refractivity contribution < 1.29 is 10.2 Å². The molecule has 0 spiro atoms. The highest BCUT2D eigenvalue weighted by Crippen LogP contribution is 2.13. The Kier molecular flexibility index (Phi) is 16.8. The third kappa shape index (κ3) is 15.5. The van der Waals surface area contributed by atoms with Gasteiger partial charge in [-0.05, 0) is 17.9 Å². The smallest absolute Gasteiger partial charge is 0.0720 e. The second kappa shape index (κ2) is 15.7. The van der Waals surface area contributed by atoms with E-state index in [9.17, 15) is 10.2 Å². The van der Waals surface area contributed by atoms with Gasteiger partial charge in [-0.1, -0.05) is 13.8 Å². The van der Waals surface area contributed by atoms with E-state index < -0.39 is 0 Å². The molecule has 0 aromatic heterocycles. The molecule has 0 saturated heterocycles. The van der Waals surface area contributed by atoms with Crippen LogP contribution in [0.2, 0.25) is 0 Å². The number of rotatable bonds is 14. The number of thioether (sulfide) groups is 4. The molecule has 0 bridgehead atoms. The third-order valence-electron chi connectivity index (χ3n) is 2.17. The van der Waals surface area contributed by atoms with E-state index in [-0.39, 0.29) is 12.2 Å². The van der Waals surface area contributed by atoms with Crippen LogP contribution < -0.4 is 0 Å². The van der Waals surface area contributed by atoms with Crippen molar-refractivity contribution in [1.29, 1.82) is 0 Å². The van der Waals surface area contributed by atoms with Crippen LogP contribution in [0.5, 0.6) is 0 Å². The Morgan fingerprint density at radius 3 is 1.53 bits per heavy atom. The maximum absolute atomic E-state index is 9.73. The van der Waals surface area contributed by atoms with Crippen LogP contribution in [0.1, 0.15) is 20.3 Å². The summed E-state index contributed by atoms with van der Waals surface area (Å²) in [6.07, 6.45) is 0.842. The summed E-state index contributed by atoms with van der Waals surface area (Å²) < 4.78 is 0. The lowest BCUT2D eigenvalue weighted by molar-refractivity contribution is 0.224. The molecule has 0 aromatic carbocycles. The lowest BCUT2D eigenvalue weighted by Gasteiger charge is -2.10. The van der Waals surface area contributed by atoms with E-state index >= 15 is 0 Å². The molecule has 2 atom stereocenters. The normalized spacial score (nSPS) is 14.5. The van der Waals surface area contributed by atoms with Crippen molar-refractivity contribution in [3.8, 4) is 0 Å². The molecule has 0 aromatic rings. The number of aliphatic hydroxyl groups excluding tert-OH is 2. The topological polar surface area (TPSA) is 40.5 Å². The molecular weight excluding hydrogens is 316 g/mol. The first-order chi connectivity index (χ1) is 9.20. The lowest BCUT2D eigenvalue weighted by atomic mass is 10.5. The van der Waals surface area contributed by atoms with Gasteiger partial charge < -0.3 is 10.2 Å². The maximum Gasteiger partial charge on any atom is 0.0720 e. The van der Waals surface area contributed by atoms with E-state index in [0.717, 1.165) is 46.0 Å². The summed E-state index contributed by atoms with van der Waals surface area (Å²) in [5.41, 5.74) is 0. The van der Waals surface area contributed by atoms with Crippen LogP contribution in [-0.2, 0) is 0 Å². The molecule has 0 fully saturated rings. The maximum atomic E-state index is 9.73. The van der Waals surface area contributed by atoms with Crippen LogP contribution in [0.15, 0.2) is 0 Å². The van der Waals surface area contributed by atoms with Gasteiger partial charge in [0.05, 0.1) is 12.2 Å². The van der Waals surface area contributed by atoms with E-state index in [2.05, 4.69) is 13.8 Å². The SMILES string of the molecule is CCCSCC(O)CSCCSCC(O)CSCC. The van der Waals surface area contributed by atoms with Crippen molar-refractivity contribution in [1.82, 2.24) is 0 Å². The van der Waals surface area contributed by atoms with E-state index in [4.69, 9.17) is 0 Å². The van der Waals surface area contributed by atoms with E-state index in [0.29, 0.717) is 0 Å². The molecule has 0 aliphatic heterocycles. The summed E-state index contributed by atoms with van der Waals surface area (Å²) in [6, 6.07) is 0. The highest BCUT2D eigenvalue weighted by Gasteiger charge is 2.05. The molecule has 0 aliphatic carbocycles. The van der Waals surface area contributed by atoms with Crippen molar-refractivity contribution >= 4 is 47.0 Å². The molecule has 0 rings (SSSR count). The average molecular weight is 345 g/mol. The molecule has 2 nitrogen and oxygen atoms in total. The molecule has 0 amide bonds. The molecule has 0 aliphatic rings. The van der Waals surface area contributed by atoms with Crippen molar-refractivity contribution in [2.75, 3.05) is 46.0 Å². The molecule has 0 saturated carbocycles. The van der Waals surface area contributed by atoms with Crippen LogP contribution >= 0.6 is 47.0 Å². The van der Waals surface area contributed by atoms with Crippen LogP contribution in [-0.4, -0.2) is 68.4 Å². The molecule has 0 radical (unpaired) electrons. The van der Waals surface area contributed by atoms with Gasteiger partial charge in [-0.2, -0.15) is 47.0 Å². The van der Waals surface area contributed by atoms with Crippen molar-refractivity contribution in [2.45, 2.75) is 32.5 Å². The first kappa shape index (κ1) is 20.3. The minimum absolute atomic E-state index is 0.168. The fraction of sp³-hybridized carbons (Fsp3) is 1.00. The van der Waals surface area contributed by atoms with Crippen LogP contribution in [0.4, 0.5) is 0 Å². The number of hydrogen-bond acceptors (Lipinski definition) is 6. The largest absolute Gasteiger partial charge is 0.391 e. The minimum Gasteiger partial charge on any atom is -0.391 e. The quantitative estimate of drug-likeness (QED) is 0.472. The van der Waals surface area contributed by atoms with Crippen LogP contribution in [0, 0.1) is 0 Å². The van der Waals surface area contributed by atoms with E-state index in [1.54, 1.807) is 11.8 Å².